The number of alkyl carbamates (subject to hydrolysis) is 1. The van der Waals surface area contributed by atoms with Crippen molar-refractivity contribution < 1.29 is 14.6 Å². The van der Waals surface area contributed by atoms with E-state index in [1.54, 1.807) is 0 Å². The maximum atomic E-state index is 11.8. The standard InChI is InChI=1S/C17H33NO3/c1-5-6-7-10-17(13-19,11-14-8-9-14)12-18-15(20)21-16(2,3)4/h14,19H,5-13H2,1-4H3,(H,18,20). The fraction of sp³-hybridized carbons (Fsp3) is 0.941. The molecule has 1 atom stereocenters. The molecule has 124 valence electrons. The molecule has 1 amide bonds. The summed E-state index contributed by atoms with van der Waals surface area (Å²) in [6.07, 6.45) is 7.60. The molecule has 4 nitrogen and oxygen atoms in total. The summed E-state index contributed by atoms with van der Waals surface area (Å²) < 4.78 is 5.29. The van der Waals surface area contributed by atoms with Gasteiger partial charge in [0.2, 0.25) is 0 Å². The van der Waals surface area contributed by atoms with Crippen molar-refractivity contribution >= 4 is 6.09 Å². The van der Waals surface area contributed by atoms with Crippen molar-refractivity contribution in [2.24, 2.45) is 11.3 Å². The monoisotopic (exact) mass is 299 g/mol. The van der Waals surface area contributed by atoms with Crippen LogP contribution in [0.5, 0.6) is 0 Å². The van der Waals surface area contributed by atoms with Gasteiger partial charge < -0.3 is 15.2 Å². The molecule has 1 fully saturated rings. The van der Waals surface area contributed by atoms with Crippen LogP contribution in [0.3, 0.4) is 0 Å². The molecule has 0 saturated heterocycles. The van der Waals surface area contributed by atoms with Crippen LogP contribution in [0.4, 0.5) is 4.79 Å². The third-order valence-electron chi connectivity index (χ3n) is 4.07. The van der Waals surface area contributed by atoms with E-state index in [1.807, 2.05) is 20.8 Å². The minimum atomic E-state index is -0.481. The molecule has 0 spiro atoms. The Balaban J connectivity index is 2.51. The molecule has 0 aromatic carbocycles. The Morgan fingerprint density at radius 3 is 2.43 bits per heavy atom. The van der Waals surface area contributed by atoms with Crippen LogP contribution < -0.4 is 5.32 Å². The predicted octanol–water partition coefficient (Wildman–Crippen LogP) is 3.87. The number of aliphatic hydroxyl groups excluding tert-OH is 1. The quantitative estimate of drug-likeness (QED) is 0.635. The van der Waals surface area contributed by atoms with E-state index in [0.717, 1.165) is 25.2 Å². The lowest BCUT2D eigenvalue weighted by Gasteiger charge is -2.33. The van der Waals surface area contributed by atoms with E-state index in [-0.39, 0.29) is 18.1 Å². The highest BCUT2D eigenvalue weighted by Gasteiger charge is 2.36. The Kier molecular flexibility index (Phi) is 6.98. The van der Waals surface area contributed by atoms with Crippen LogP contribution in [0, 0.1) is 11.3 Å². The van der Waals surface area contributed by atoms with Crippen molar-refractivity contribution in [1.82, 2.24) is 5.32 Å². The number of unbranched alkanes of at least 4 members (excludes halogenated alkanes) is 2. The van der Waals surface area contributed by atoms with Gasteiger partial charge in [-0.25, -0.2) is 4.79 Å². The van der Waals surface area contributed by atoms with Gasteiger partial charge in [-0.05, 0) is 39.5 Å². The average Bonchev–Trinajstić information content (AvgIpc) is 3.18. The molecular weight excluding hydrogens is 266 g/mol. The summed E-state index contributed by atoms with van der Waals surface area (Å²) in [7, 11) is 0. The molecule has 1 saturated carbocycles. The minimum Gasteiger partial charge on any atom is -0.444 e. The van der Waals surface area contributed by atoms with Gasteiger partial charge in [0.05, 0.1) is 6.61 Å². The molecule has 1 aliphatic carbocycles. The van der Waals surface area contributed by atoms with Crippen molar-refractivity contribution in [2.75, 3.05) is 13.2 Å². The number of nitrogens with one attached hydrogen (secondary N) is 1. The van der Waals surface area contributed by atoms with Gasteiger partial charge in [0.25, 0.3) is 0 Å². The maximum absolute atomic E-state index is 11.8. The largest absolute Gasteiger partial charge is 0.444 e. The van der Waals surface area contributed by atoms with E-state index in [4.69, 9.17) is 4.74 Å². The molecule has 0 aromatic heterocycles. The van der Waals surface area contributed by atoms with Gasteiger partial charge in [-0.2, -0.15) is 0 Å². The van der Waals surface area contributed by atoms with Crippen LogP contribution >= 0.6 is 0 Å². The summed E-state index contributed by atoms with van der Waals surface area (Å²) in [4.78, 5) is 11.8. The fourth-order valence-electron chi connectivity index (χ4n) is 2.72. The summed E-state index contributed by atoms with van der Waals surface area (Å²) in [6, 6.07) is 0. The highest BCUT2D eigenvalue weighted by atomic mass is 16.6. The minimum absolute atomic E-state index is 0.142. The molecule has 4 heteroatoms. The van der Waals surface area contributed by atoms with Crippen molar-refractivity contribution in [3.05, 3.63) is 0 Å². The third-order valence-corrected chi connectivity index (χ3v) is 4.07. The van der Waals surface area contributed by atoms with Gasteiger partial charge in [-0.3, -0.25) is 0 Å². The molecule has 1 unspecified atom stereocenters. The number of carbonyl (C=O) groups excluding carboxylic acids is 1. The molecule has 0 aliphatic heterocycles. The molecule has 0 aromatic rings. The first-order valence-electron chi connectivity index (χ1n) is 8.38. The van der Waals surface area contributed by atoms with Crippen LogP contribution in [0.25, 0.3) is 0 Å². The molecule has 21 heavy (non-hydrogen) atoms. The number of rotatable bonds is 9. The molecule has 1 rings (SSSR count). The molecule has 2 N–H and O–H groups in total. The second-order valence-electron chi connectivity index (χ2n) is 7.62. The molecule has 0 heterocycles. The van der Waals surface area contributed by atoms with Gasteiger partial charge in [-0.1, -0.05) is 39.0 Å². The SMILES string of the molecule is CCCCCC(CO)(CNC(=O)OC(C)(C)C)CC1CC1. The van der Waals surface area contributed by atoms with Crippen LogP contribution in [0.15, 0.2) is 0 Å². The van der Waals surface area contributed by atoms with Crippen LogP contribution in [-0.4, -0.2) is 30.0 Å². The van der Waals surface area contributed by atoms with Crippen molar-refractivity contribution in [1.29, 1.82) is 0 Å². The lowest BCUT2D eigenvalue weighted by atomic mass is 9.78. The maximum Gasteiger partial charge on any atom is 0.407 e. The Morgan fingerprint density at radius 1 is 1.29 bits per heavy atom. The number of amides is 1. The van der Waals surface area contributed by atoms with Crippen molar-refractivity contribution in [2.45, 2.75) is 78.2 Å². The lowest BCUT2D eigenvalue weighted by Crippen LogP contribution is -2.42. The van der Waals surface area contributed by atoms with Crippen LogP contribution in [0.2, 0.25) is 0 Å². The zero-order chi connectivity index (χ0) is 15.9. The molecule has 0 radical (unpaired) electrons. The number of hydrogen-bond acceptors (Lipinski definition) is 3. The Morgan fingerprint density at radius 2 is 1.95 bits per heavy atom. The van der Waals surface area contributed by atoms with E-state index < -0.39 is 5.60 Å². The van der Waals surface area contributed by atoms with Crippen molar-refractivity contribution in [3.8, 4) is 0 Å². The number of ether oxygens (including phenoxy) is 1. The van der Waals surface area contributed by atoms with Gasteiger partial charge in [0, 0.05) is 12.0 Å². The Labute approximate surface area is 129 Å². The second-order valence-corrected chi connectivity index (χ2v) is 7.62. The molecular formula is C17H33NO3. The van der Waals surface area contributed by atoms with E-state index >= 15 is 0 Å². The van der Waals surface area contributed by atoms with Crippen LogP contribution in [-0.2, 0) is 4.74 Å². The number of carbonyl (C=O) groups is 1. The second kappa shape index (κ2) is 8.02. The Bertz CT molecular complexity index is 320. The first kappa shape index (κ1) is 18.3. The van der Waals surface area contributed by atoms with Crippen molar-refractivity contribution in [3.63, 3.8) is 0 Å². The summed E-state index contributed by atoms with van der Waals surface area (Å²) in [5.74, 6) is 0.735. The number of aliphatic hydroxyl groups is 1. The summed E-state index contributed by atoms with van der Waals surface area (Å²) in [5.41, 5.74) is -0.655. The summed E-state index contributed by atoms with van der Waals surface area (Å²) >= 11 is 0. The topological polar surface area (TPSA) is 58.6 Å². The molecule has 0 bridgehead atoms. The summed E-state index contributed by atoms with van der Waals surface area (Å²) in [5, 5.41) is 12.8. The van der Waals surface area contributed by atoms with Gasteiger partial charge in [0.1, 0.15) is 5.60 Å². The van der Waals surface area contributed by atoms with Gasteiger partial charge in [-0.15, -0.1) is 0 Å². The first-order chi connectivity index (χ1) is 9.80. The molecule has 1 aliphatic rings. The van der Waals surface area contributed by atoms with E-state index in [2.05, 4.69) is 12.2 Å². The average molecular weight is 299 g/mol. The van der Waals surface area contributed by atoms with Crippen LogP contribution in [0.1, 0.15) is 72.6 Å². The van der Waals surface area contributed by atoms with Gasteiger partial charge in [0.15, 0.2) is 0 Å². The fourth-order valence-corrected chi connectivity index (χ4v) is 2.72. The summed E-state index contributed by atoms with van der Waals surface area (Å²) in [6.45, 7) is 8.41. The van der Waals surface area contributed by atoms with E-state index in [0.29, 0.717) is 6.54 Å². The Hall–Kier alpha value is -0.770. The lowest BCUT2D eigenvalue weighted by molar-refractivity contribution is 0.0433. The normalized spacial score (nSPS) is 18.1. The smallest absolute Gasteiger partial charge is 0.407 e. The number of hydrogen-bond donors (Lipinski definition) is 2. The van der Waals surface area contributed by atoms with E-state index in [9.17, 15) is 9.90 Å². The third kappa shape index (κ3) is 7.70. The zero-order valence-corrected chi connectivity index (χ0v) is 14.2. The predicted molar refractivity (Wildman–Crippen MR) is 85.2 cm³/mol. The highest BCUT2D eigenvalue weighted by molar-refractivity contribution is 5.67. The highest BCUT2D eigenvalue weighted by Crippen LogP contribution is 2.42. The zero-order valence-electron chi connectivity index (χ0n) is 14.2. The van der Waals surface area contributed by atoms with E-state index in [1.165, 1.54) is 25.7 Å². The van der Waals surface area contributed by atoms with Gasteiger partial charge >= 0.3 is 6.09 Å². The first-order valence-corrected chi connectivity index (χ1v) is 8.38.